The minimum Gasteiger partial charge on any atom is -0.507 e. The molecule has 0 aromatic heterocycles. The van der Waals surface area contributed by atoms with Crippen LogP contribution in [0.15, 0.2) is 24.3 Å². The SMILES string of the molecule is CCOC(=O)N1CCN(C(=O)C2CC[NH+](Cc3ccccc3O)CC2)CC1. The third kappa shape index (κ3) is 4.91. The van der Waals surface area contributed by atoms with Gasteiger partial charge in [-0.3, -0.25) is 4.79 Å². The average molecular weight is 376 g/mol. The predicted octanol–water partition coefficient (Wildman–Crippen LogP) is 0.488. The summed E-state index contributed by atoms with van der Waals surface area (Å²) in [5.41, 5.74) is 0.965. The van der Waals surface area contributed by atoms with Crippen molar-refractivity contribution in [3.8, 4) is 5.75 Å². The Hall–Kier alpha value is -2.28. The van der Waals surface area contributed by atoms with Gasteiger partial charge in [-0.15, -0.1) is 0 Å². The normalized spacial score (nSPS) is 23.1. The lowest BCUT2D eigenvalue weighted by atomic mass is 9.94. The molecular formula is C20H30N3O4+. The number of phenols is 1. The highest BCUT2D eigenvalue weighted by Gasteiger charge is 2.33. The van der Waals surface area contributed by atoms with Gasteiger partial charge in [0.25, 0.3) is 0 Å². The molecule has 0 saturated carbocycles. The lowest BCUT2D eigenvalue weighted by molar-refractivity contribution is -0.919. The topological polar surface area (TPSA) is 74.5 Å². The van der Waals surface area contributed by atoms with Crippen LogP contribution in [0.25, 0.3) is 0 Å². The Balaban J connectivity index is 1.44. The molecule has 0 atom stereocenters. The second-order valence-electron chi connectivity index (χ2n) is 7.34. The summed E-state index contributed by atoms with van der Waals surface area (Å²) in [6.07, 6.45) is 1.46. The summed E-state index contributed by atoms with van der Waals surface area (Å²) >= 11 is 0. The molecule has 0 spiro atoms. The number of piperidine rings is 1. The molecule has 2 fully saturated rings. The van der Waals surface area contributed by atoms with Gasteiger partial charge in [0.2, 0.25) is 5.91 Å². The molecule has 2 amide bonds. The highest BCUT2D eigenvalue weighted by molar-refractivity contribution is 5.79. The second kappa shape index (κ2) is 9.08. The molecule has 27 heavy (non-hydrogen) atoms. The maximum Gasteiger partial charge on any atom is 0.409 e. The third-order valence-corrected chi connectivity index (χ3v) is 5.59. The number of piperazine rings is 1. The molecule has 7 heteroatoms. The van der Waals surface area contributed by atoms with E-state index in [1.807, 2.05) is 23.1 Å². The number of ether oxygens (including phenoxy) is 1. The van der Waals surface area contributed by atoms with E-state index >= 15 is 0 Å². The fourth-order valence-electron chi connectivity index (χ4n) is 3.96. The van der Waals surface area contributed by atoms with Gasteiger partial charge in [-0.05, 0) is 19.1 Å². The molecule has 0 bridgehead atoms. The Morgan fingerprint density at radius 1 is 1.11 bits per heavy atom. The van der Waals surface area contributed by atoms with Crippen molar-refractivity contribution in [2.24, 2.45) is 5.92 Å². The van der Waals surface area contributed by atoms with Crippen molar-refractivity contribution in [3.05, 3.63) is 29.8 Å². The van der Waals surface area contributed by atoms with E-state index in [0.29, 0.717) is 38.5 Å². The molecule has 2 saturated heterocycles. The number of hydrogen-bond acceptors (Lipinski definition) is 4. The van der Waals surface area contributed by atoms with Crippen LogP contribution >= 0.6 is 0 Å². The van der Waals surface area contributed by atoms with Gasteiger partial charge >= 0.3 is 6.09 Å². The van der Waals surface area contributed by atoms with Crippen molar-refractivity contribution in [1.29, 1.82) is 0 Å². The molecule has 2 aliphatic heterocycles. The van der Waals surface area contributed by atoms with Gasteiger partial charge in [0.15, 0.2) is 0 Å². The first-order chi connectivity index (χ1) is 13.1. The summed E-state index contributed by atoms with van der Waals surface area (Å²) in [5.74, 6) is 0.648. The van der Waals surface area contributed by atoms with Gasteiger partial charge in [-0.25, -0.2) is 4.79 Å². The molecule has 2 heterocycles. The number of aromatic hydroxyl groups is 1. The summed E-state index contributed by atoms with van der Waals surface area (Å²) in [7, 11) is 0. The van der Waals surface area contributed by atoms with Crippen LogP contribution in [-0.2, 0) is 16.1 Å². The Labute approximate surface area is 160 Å². The van der Waals surface area contributed by atoms with E-state index in [0.717, 1.165) is 38.0 Å². The standard InChI is InChI=1S/C20H29N3O4/c1-2-27-20(26)23-13-11-22(12-14-23)19(25)16-7-9-21(10-8-16)15-17-5-3-4-6-18(17)24/h3-6,16,24H,2,7-15H2,1H3/p+1. The van der Waals surface area contributed by atoms with Gasteiger partial charge < -0.3 is 24.5 Å². The van der Waals surface area contributed by atoms with Gasteiger partial charge in [0.1, 0.15) is 12.3 Å². The van der Waals surface area contributed by atoms with Crippen molar-refractivity contribution in [2.75, 3.05) is 45.9 Å². The number of amides is 2. The Morgan fingerprint density at radius 2 is 1.74 bits per heavy atom. The number of carbonyl (C=O) groups is 2. The smallest absolute Gasteiger partial charge is 0.409 e. The number of hydrogen-bond donors (Lipinski definition) is 2. The maximum atomic E-state index is 12.8. The largest absolute Gasteiger partial charge is 0.507 e. The van der Waals surface area contributed by atoms with Crippen molar-refractivity contribution >= 4 is 12.0 Å². The molecule has 0 aliphatic carbocycles. The Bertz CT molecular complexity index is 650. The number of nitrogens with one attached hydrogen (secondary N) is 1. The van der Waals surface area contributed by atoms with Gasteiger partial charge in [0.05, 0.1) is 19.7 Å². The van der Waals surface area contributed by atoms with E-state index in [4.69, 9.17) is 4.74 Å². The van der Waals surface area contributed by atoms with E-state index in [-0.39, 0.29) is 17.9 Å². The number of carbonyl (C=O) groups excluding carboxylic acids is 2. The Morgan fingerprint density at radius 3 is 2.37 bits per heavy atom. The minimum absolute atomic E-state index is 0.0762. The van der Waals surface area contributed by atoms with Crippen LogP contribution < -0.4 is 4.90 Å². The lowest BCUT2D eigenvalue weighted by Crippen LogP contribution is -3.11. The molecular weight excluding hydrogens is 346 g/mol. The van der Waals surface area contributed by atoms with Crippen molar-refractivity contribution in [3.63, 3.8) is 0 Å². The van der Waals surface area contributed by atoms with Crippen LogP contribution in [-0.4, -0.2) is 72.8 Å². The molecule has 0 radical (unpaired) electrons. The van der Waals surface area contributed by atoms with Crippen LogP contribution in [0.1, 0.15) is 25.3 Å². The fraction of sp³-hybridized carbons (Fsp3) is 0.600. The quantitative estimate of drug-likeness (QED) is 0.802. The van der Waals surface area contributed by atoms with Crippen LogP contribution in [0, 0.1) is 5.92 Å². The fourth-order valence-corrected chi connectivity index (χ4v) is 3.96. The maximum absolute atomic E-state index is 12.8. The van der Waals surface area contributed by atoms with E-state index in [1.54, 1.807) is 17.9 Å². The molecule has 0 unspecified atom stereocenters. The average Bonchev–Trinajstić information content (AvgIpc) is 2.70. The number of benzene rings is 1. The highest BCUT2D eigenvalue weighted by atomic mass is 16.6. The summed E-state index contributed by atoms with van der Waals surface area (Å²) in [4.78, 5) is 29.6. The number of rotatable bonds is 4. The molecule has 7 nitrogen and oxygen atoms in total. The van der Waals surface area contributed by atoms with Crippen molar-refractivity contribution in [2.45, 2.75) is 26.3 Å². The first kappa shape index (κ1) is 19.5. The number of para-hydroxylation sites is 1. The van der Waals surface area contributed by atoms with Crippen molar-refractivity contribution in [1.82, 2.24) is 9.80 Å². The number of nitrogens with zero attached hydrogens (tertiary/aromatic N) is 2. The summed E-state index contributed by atoms with van der Waals surface area (Å²) in [6, 6.07) is 7.46. The first-order valence-electron chi connectivity index (χ1n) is 9.89. The molecule has 2 N–H and O–H groups in total. The van der Waals surface area contributed by atoms with Gasteiger partial charge in [0, 0.05) is 50.5 Å². The molecule has 148 valence electrons. The number of likely N-dealkylation sites (tertiary alicyclic amines) is 1. The van der Waals surface area contributed by atoms with Crippen LogP contribution in [0.3, 0.4) is 0 Å². The zero-order valence-electron chi connectivity index (χ0n) is 16.0. The molecule has 3 rings (SSSR count). The molecule has 1 aromatic carbocycles. The first-order valence-corrected chi connectivity index (χ1v) is 9.89. The second-order valence-corrected chi connectivity index (χ2v) is 7.34. The zero-order chi connectivity index (χ0) is 19.2. The molecule has 2 aliphatic rings. The summed E-state index contributed by atoms with van der Waals surface area (Å²) in [6.45, 7) is 7.10. The number of phenolic OH excluding ortho intramolecular Hbond substituents is 1. The Kier molecular flexibility index (Phi) is 6.55. The summed E-state index contributed by atoms with van der Waals surface area (Å²) in [5, 5.41) is 9.93. The third-order valence-electron chi connectivity index (χ3n) is 5.59. The van der Waals surface area contributed by atoms with E-state index in [2.05, 4.69) is 0 Å². The highest BCUT2D eigenvalue weighted by Crippen LogP contribution is 2.17. The van der Waals surface area contributed by atoms with Gasteiger partial charge in [-0.2, -0.15) is 0 Å². The number of quaternary nitrogens is 1. The zero-order valence-corrected chi connectivity index (χ0v) is 16.0. The van der Waals surface area contributed by atoms with Gasteiger partial charge in [-0.1, -0.05) is 12.1 Å². The minimum atomic E-state index is -0.286. The van der Waals surface area contributed by atoms with E-state index in [1.165, 1.54) is 4.90 Å². The van der Waals surface area contributed by atoms with E-state index < -0.39 is 0 Å². The summed E-state index contributed by atoms with van der Waals surface area (Å²) < 4.78 is 5.03. The van der Waals surface area contributed by atoms with Crippen LogP contribution in [0.4, 0.5) is 4.79 Å². The molecule has 1 aromatic rings. The van der Waals surface area contributed by atoms with Crippen LogP contribution in [0.5, 0.6) is 5.75 Å². The monoisotopic (exact) mass is 376 g/mol. The lowest BCUT2D eigenvalue weighted by Gasteiger charge is -2.37. The van der Waals surface area contributed by atoms with Crippen LogP contribution in [0.2, 0.25) is 0 Å². The predicted molar refractivity (Wildman–Crippen MR) is 100 cm³/mol. The van der Waals surface area contributed by atoms with Crippen molar-refractivity contribution < 1.29 is 24.3 Å². The van der Waals surface area contributed by atoms with E-state index in [9.17, 15) is 14.7 Å².